The van der Waals surface area contributed by atoms with E-state index in [1.54, 1.807) is 18.0 Å². The van der Waals surface area contributed by atoms with Gasteiger partial charge in [0.05, 0.1) is 0 Å². The van der Waals surface area contributed by atoms with Gasteiger partial charge in [0.15, 0.2) is 0 Å². The van der Waals surface area contributed by atoms with Crippen molar-refractivity contribution < 1.29 is 14.3 Å². The third-order valence-corrected chi connectivity index (χ3v) is 3.88. The summed E-state index contributed by atoms with van der Waals surface area (Å²) in [7, 11) is 1.73. The van der Waals surface area contributed by atoms with Crippen LogP contribution in [0.25, 0.3) is 0 Å². The number of carbonyl (C=O) groups excluding carboxylic acids is 2. The Hall–Kier alpha value is -1.49. The van der Waals surface area contributed by atoms with Gasteiger partial charge in [-0.15, -0.1) is 12.6 Å². The molecule has 1 atom stereocenters. The van der Waals surface area contributed by atoms with Crippen molar-refractivity contribution in [3.05, 3.63) is 35.4 Å². The Labute approximate surface area is 144 Å². The van der Waals surface area contributed by atoms with Crippen LogP contribution in [0.4, 0.5) is 4.79 Å². The van der Waals surface area contributed by atoms with Crippen molar-refractivity contribution in [3.8, 4) is 0 Å². The van der Waals surface area contributed by atoms with E-state index < -0.39 is 5.60 Å². The number of thiol groups is 1. The first-order valence-electron chi connectivity index (χ1n) is 7.92. The molecule has 0 heterocycles. The molecular formula is C18H27NO3S. The zero-order valence-electron chi connectivity index (χ0n) is 14.6. The molecule has 1 aromatic carbocycles. The van der Waals surface area contributed by atoms with Gasteiger partial charge in [-0.25, -0.2) is 4.79 Å². The average Bonchev–Trinajstić information content (AvgIpc) is 2.46. The number of benzene rings is 1. The minimum atomic E-state index is -0.499. The molecule has 0 aromatic heterocycles. The first-order chi connectivity index (χ1) is 10.7. The molecule has 0 aliphatic carbocycles. The van der Waals surface area contributed by atoms with Crippen molar-refractivity contribution in [2.75, 3.05) is 13.6 Å². The Morgan fingerprint density at radius 1 is 1.26 bits per heavy atom. The second-order valence-corrected chi connectivity index (χ2v) is 7.09. The predicted octanol–water partition coefficient (Wildman–Crippen LogP) is 4.51. The summed E-state index contributed by atoms with van der Waals surface area (Å²) in [6, 6.07) is 7.53. The molecule has 0 saturated heterocycles. The van der Waals surface area contributed by atoms with Crippen LogP contribution in [-0.2, 0) is 4.74 Å². The van der Waals surface area contributed by atoms with E-state index >= 15 is 0 Å². The standard InChI is InChI=1S/C18H27NO3S/c1-6-13(14-9-7-8-10-15(14)16(20)23)11-12-19(5)17(21)22-18(2,3)4/h7-10,13H,6,11-12H2,1-5H3,(H,20,23)/t13-/m0/s1. The maximum Gasteiger partial charge on any atom is 0.410 e. The molecule has 23 heavy (non-hydrogen) atoms. The number of amides is 1. The summed E-state index contributed by atoms with van der Waals surface area (Å²) in [6.07, 6.45) is 1.33. The van der Waals surface area contributed by atoms with Gasteiger partial charge >= 0.3 is 6.09 Å². The zero-order valence-corrected chi connectivity index (χ0v) is 15.5. The monoisotopic (exact) mass is 337 g/mol. The lowest BCUT2D eigenvalue weighted by Crippen LogP contribution is -2.35. The van der Waals surface area contributed by atoms with Gasteiger partial charge in [-0.05, 0) is 45.1 Å². The van der Waals surface area contributed by atoms with Gasteiger partial charge in [-0.2, -0.15) is 0 Å². The van der Waals surface area contributed by atoms with Gasteiger partial charge in [-0.1, -0.05) is 31.2 Å². The molecular weight excluding hydrogens is 310 g/mol. The molecule has 0 bridgehead atoms. The number of nitrogens with zero attached hydrogens (tertiary/aromatic N) is 1. The van der Waals surface area contributed by atoms with Crippen LogP contribution in [0, 0.1) is 0 Å². The SMILES string of the molecule is CC[C@@H](CCN(C)C(=O)OC(C)(C)C)c1ccccc1C(=O)S. The van der Waals surface area contributed by atoms with Gasteiger partial charge in [0, 0.05) is 19.2 Å². The van der Waals surface area contributed by atoms with Crippen LogP contribution in [0.15, 0.2) is 24.3 Å². The van der Waals surface area contributed by atoms with Crippen LogP contribution in [0.5, 0.6) is 0 Å². The Kier molecular flexibility index (Phi) is 7.13. The Morgan fingerprint density at radius 3 is 2.39 bits per heavy atom. The van der Waals surface area contributed by atoms with Crippen molar-refractivity contribution in [2.24, 2.45) is 0 Å². The summed E-state index contributed by atoms with van der Waals surface area (Å²) in [4.78, 5) is 25.3. The Morgan fingerprint density at radius 2 is 1.87 bits per heavy atom. The molecule has 1 aromatic rings. The van der Waals surface area contributed by atoms with Crippen molar-refractivity contribution in [3.63, 3.8) is 0 Å². The summed E-state index contributed by atoms with van der Waals surface area (Å²) >= 11 is 3.96. The van der Waals surface area contributed by atoms with E-state index in [1.807, 2.05) is 39.0 Å². The first kappa shape index (κ1) is 19.6. The molecule has 5 heteroatoms. The van der Waals surface area contributed by atoms with Crippen LogP contribution in [0.3, 0.4) is 0 Å². The molecule has 0 spiro atoms. The summed E-state index contributed by atoms with van der Waals surface area (Å²) < 4.78 is 5.35. The van der Waals surface area contributed by atoms with E-state index in [0.717, 1.165) is 18.4 Å². The Balaban J connectivity index is 2.75. The summed E-state index contributed by atoms with van der Waals surface area (Å²) in [5.74, 6) is 0.201. The minimum Gasteiger partial charge on any atom is -0.444 e. The topological polar surface area (TPSA) is 46.6 Å². The van der Waals surface area contributed by atoms with E-state index in [4.69, 9.17) is 4.74 Å². The van der Waals surface area contributed by atoms with E-state index in [2.05, 4.69) is 19.6 Å². The zero-order chi connectivity index (χ0) is 17.6. The lowest BCUT2D eigenvalue weighted by Gasteiger charge is -2.26. The maximum absolute atomic E-state index is 12.0. The largest absolute Gasteiger partial charge is 0.444 e. The summed E-state index contributed by atoms with van der Waals surface area (Å²) in [5.41, 5.74) is 1.13. The normalized spacial score (nSPS) is 12.6. The van der Waals surface area contributed by atoms with E-state index in [-0.39, 0.29) is 17.1 Å². The second kappa shape index (κ2) is 8.39. The van der Waals surface area contributed by atoms with E-state index in [9.17, 15) is 9.59 Å². The van der Waals surface area contributed by atoms with Crippen molar-refractivity contribution >= 4 is 23.8 Å². The van der Waals surface area contributed by atoms with Gasteiger partial charge < -0.3 is 9.64 Å². The maximum atomic E-state index is 12.0. The molecule has 0 aliphatic rings. The van der Waals surface area contributed by atoms with Crippen molar-refractivity contribution in [2.45, 2.75) is 52.1 Å². The van der Waals surface area contributed by atoms with Gasteiger partial charge in [0.25, 0.3) is 0 Å². The minimum absolute atomic E-state index is 0.201. The summed E-state index contributed by atoms with van der Waals surface area (Å²) in [6.45, 7) is 8.20. The average molecular weight is 337 g/mol. The van der Waals surface area contributed by atoms with Crippen LogP contribution < -0.4 is 0 Å². The van der Waals surface area contributed by atoms with Gasteiger partial charge in [0.1, 0.15) is 5.60 Å². The van der Waals surface area contributed by atoms with Crippen molar-refractivity contribution in [1.82, 2.24) is 4.90 Å². The van der Waals surface area contributed by atoms with E-state index in [0.29, 0.717) is 12.1 Å². The molecule has 0 fully saturated rings. The van der Waals surface area contributed by atoms with Gasteiger partial charge in [-0.3, -0.25) is 4.79 Å². The van der Waals surface area contributed by atoms with Crippen molar-refractivity contribution in [1.29, 1.82) is 0 Å². The molecule has 0 N–H and O–H groups in total. The fourth-order valence-corrected chi connectivity index (χ4v) is 2.61. The highest BCUT2D eigenvalue weighted by atomic mass is 32.1. The van der Waals surface area contributed by atoms with Crippen LogP contribution >= 0.6 is 12.6 Å². The summed E-state index contributed by atoms with van der Waals surface area (Å²) in [5, 5.41) is -0.223. The second-order valence-electron chi connectivity index (χ2n) is 6.69. The fraction of sp³-hybridized carbons (Fsp3) is 0.556. The number of carbonyl (C=O) groups is 2. The highest BCUT2D eigenvalue weighted by Gasteiger charge is 2.21. The van der Waals surface area contributed by atoms with Crippen LogP contribution in [0.1, 0.15) is 62.4 Å². The number of ether oxygens (including phenoxy) is 1. The quantitative estimate of drug-likeness (QED) is 0.777. The molecule has 128 valence electrons. The fourth-order valence-electron chi connectivity index (χ4n) is 2.41. The first-order valence-corrected chi connectivity index (χ1v) is 8.36. The molecule has 0 aliphatic heterocycles. The molecule has 1 rings (SSSR count). The molecule has 1 amide bonds. The lowest BCUT2D eigenvalue weighted by molar-refractivity contribution is 0.0294. The number of hydrogen-bond acceptors (Lipinski definition) is 3. The van der Waals surface area contributed by atoms with Crippen LogP contribution in [0.2, 0.25) is 0 Å². The van der Waals surface area contributed by atoms with E-state index in [1.165, 1.54) is 0 Å². The highest BCUT2D eigenvalue weighted by Crippen LogP contribution is 2.27. The van der Waals surface area contributed by atoms with Gasteiger partial charge in [0.2, 0.25) is 5.12 Å². The third kappa shape index (κ3) is 6.26. The number of rotatable bonds is 6. The molecule has 0 unspecified atom stereocenters. The van der Waals surface area contributed by atoms with Crippen LogP contribution in [-0.4, -0.2) is 35.3 Å². The molecule has 4 nitrogen and oxygen atoms in total. The highest BCUT2D eigenvalue weighted by molar-refractivity contribution is 7.97. The molecule has 0 saturated carbocycles. The number of hydrogen-bond donors (Lipinski definition) is 1. The Bertz CT molecular complexity index is 551. The predicted molar refractivity (Wildman–Crippen MR) is 96.3 cm³/mol. The third-order valence-electron chi connectivity index (χ3n) is 3.64. The smallest absolute Gasteiger partial charge is 0.410 e. The molecule has 0 radical (unpaired) electrons. The lowest BCUT2D eigenvalue weighted by atomic mass is 9.89.